The van der Waals surface area contributed by atoms with Crippen LogP contribution in [0.4, 0.5) is 17.6 Å². The number of alkyl halides is 3. The van der Waals surface area contributed by atoms with Crippen molar-refractivity contribution in [2.24, 2.45) is 0 Å². The molecule has 33 heavy (non-hydrogen) atoms. The number of nitrogens with zero attached hydrogens (tertiary/aromatic N) is 4. The van der Waals surface area contributed by atoms with Crippen LogP contribution in [-0.4, -0.2) is 32.0 Å². The first kappa shape index (κ1) is 21.4. The Morgan fingerprint density at radius 3 is 2.73 bits per heavy atom. The van der Waals surface area contributed by atoms with Gasteiger partial charge in [-0.3, -0.25) is 14.5 Å². The summed E-state index contributed by atoms with van der Waals surface area (Å²) in [7, 11) is 0. The van der Waals surface area contributed by atoms with Gasteiger partial charge >= 0.3 is 6.36 Å². The highest BCUT2D eigenvalue weighted by Gasteiger charge is 2.32. The molecule has 1 aliphatic heterocycles. The van der Waals surface area contributed by atoms with Crippen LogP contribution in [0, 0.1) is 5.82 Å². The van der Waals surface area contributed by atoms with Gasteiger partial charge in [-0.25, -0.2) is 9.37 Å². The average molecular weight is 461 g/mol. The molecule has 0 aromatic carbocycles. The molecule has 1 fully saturated rings. The van der Waals surface area contributed by atoms with Crippen LogP contribution in [0.2, 0.25) is 0 Å². The average Bonchev–Trinajstić information content (AvgIpc) is 3.51. The molecule has 172 valence electrons. The van der Waals surface area contributed by atoms with Crippen LogP contribution >= 0.6 is 0 Å². The number of hydrogen-bond donors (Lipinski definition) is 1. The molecular weight excluding hydrogens is 442 g/mol. The Morgan fingerprint density at radius 1 is 1.15 bits per heavy atom. The monoisotopic (exact) mass is 461 g/mol. The molecule has 11 heteroatoms. The van der Waals surface area contributed by atoms with Crippen molar-refractivity contribution < 1.29 is 27.1 Å². The molecule has 1 N–H and O–H groups in total. The van der Waals surface area contributed by atoms with E-state index in [-0.39, 0.29) is 5.56 Å². The zero-order valence-electron chi connectivity index (χ0n) is 17.3. The third-order valence-electron chi connectivity index (χ3n) is 5.70. The molecule has 5 rings (SSSR count). The predicted octanol–water partition coefficient (Wildman–Crippen LogP) is 4.52. The first-order valence-electron chi connectivity index (χ1n) is 10.5. The van der Waals surface area contributed by atoms with E-state index in [9.17, 15) is 22.4 Å². The van der Waals surface area contributed by atoms with E-state index in [4.69, 9.17) is 0 Å². The molecule has 3 aromatic rings. The maximum Gasteiger partial charge on any atom is 0.574 e. The lowest BCUT2D eigenvalue weighted by Gasteiger charge is -2.24. The van der Waals surface area contributed by atoms with Crippen molar-refractivity contribution in [2.45, 2.75) is 50.6 Å². The van der Waals surface area contributed by atoms with Gasteiger partial charge in [0.05, 0.1) is 23.6 Å². The topological polar surface area (TPSA) is 81.9 Å². The third kappa shape index (κ3) is 4.67. The number of halogens is 4. The highest BCUT2D eigenvalue weighted by Crippen LogP contribution is 2.40. The summed E-state index contributed by atoms with van der Waals surface area (Å²) in [6.45, 7) is 0.614. The smallest absolute Gasteiger partial charge is 0.388 e. The number of ether oxygens (including phenoxy) is 1. The summed E-state index contributed by atoms with van der Waals surface area (Å²) < 4.78 is 57.4. The summed E-state index contributed by atoms with van der Waals surface area (Å²) in [6.07, 6.45) is 0.792. The minimum Gasteiger partial charge on any atom is -0.388 e. The van der Waals surface area contributed by atoms with Crippen molar-refractivity contribution in [3.8, 4) is 17.1 Å². The van der Waals surface area contributed by atoms with Crippen LogP contribution < -0.4 is 10.1 Å². The summed E-state index contributed by atoms with van der Waals surface area (Å²) in [5.74, 6) is -1.40. The van der Waals surface area contributed by atoms with E-state index in [1.807, 2.05) is 0 Å². The van der Waals surface area contributed by atoms with Crippen LogP contribution in [0.5, 0.6) is 5.88 Å². The molecular formula is C22H19F4N5O2. The molecule has 1 aliphatic carbocycles. The Kier molecular flexibility index (Phi) is 5.26. The molecule has 2 aliphatic rings. The Hall–Kier alpha value is -3.50. The van der Waals surface area contributed by atoms with E-state index in [0.717, 1.165) is 37.2 Å². The van der Waals surface area contributed by atoms with Gasteiger partial charge in [0.15, 0.2) is 5.82 Å². The predicted molar refractivity (Wildman–Crippen MR) is 108 cm³/mol. The van der Waals surface area contributed by atoms with Gasteiger partial charge in [0.25, 0.3) is 5.91 Å². The van der Waals surface area contributed by atoms with Gasteiger partial charge < -0.3 is 10.1 Å². The van der Waals surface area contributed by atoms with Gasteiger partial charge in [0.2, 0.25) is 5.88 Å². The fourth-order valence-electron chi connectivity index (χ4n) is 3.98. The Labute approximate surface area is 185 Å². The number of rotatable bonds is 5. The van der Waals surface area contributed by atoms with Crippen LogP contribution in [0.15, 0.2) is 36.7 Å². The van der Waals surface area contributed by atoms with Gasteiger partial charge in [-0.05, 0) is 43.9 Å². The fourth-order valence-corrected chi connectivity index (χ4v) is 3.98. The standard InChI is InChI=1S/C22H19F4N5O2/c23-15-11-28-17(12-3-4-12)9-14(15)18-10-19-16(2-1-7-31(19)30-18)29-21(32)13-5-6-27-20(8-13)33-22(24,25)26/h5-6,8-12,16H,1-4,7H2,(H,29,32)/t16-/m0/s1. The van der Waals surface area contributed by atoms with E-state index in [1.54, 1.807) is 16.8 Å². The number of nitrogens with one attached hydrogen (secondary N) is 1. The van der Waals surface area contributed by atoms with Gasteiger partial charge in [0.1, 0.15) is 0 Å². The normalized spacial score (nSPS) is 18.0. The minimum absolute atomic E-state index is 0.0182. The highest BCUT2D eigenvalue weighted by atomic mass is 19.4. The first-order valence-corrected chi connectivity index (χ1v) is 10.5. The number of aromatic nitrogens is 4. The zero-order chi connectivity index (χ0) is 23.2. The van der Waals surface area contributed by atoms with Crippen molar-refractivity contribution in [1.82, 2.24) is 25.1 Å². The van der Waals surface area contributed by atoms with Crippen molar-refractivity contribution in [3.63, 3.8) is 0 Å². The van der Waals surface area contributed by atoms with Crippen LogP contribution in [0.25, 0.3) is 11.3 Å². The lowest BCUT2D eigenvalue weighted by Crippen LogP contribution is -2.32. The van der Waals surface area contributed by atoms with Gasteiger partial charge in [0, 0.05) is 41.5 Å². The largest absolute Gasteiger partial charge is 0.574 e. The van der Waals surface area contributed by atoms with E-state index < -0.39 is 30.0 Å². The van der Waals surface area contributed by atoms with E-state index >= 15 is 0 Å². The Morgan fingerprint density at radius 2 is 1.97 bits per heavy atom. The zero-order valence-corrected chi connectivity index (χ0v) is 17.3. The number of fused-ring (bicyclic) bond motifs is 1. The summed E-state index contributed by atoms with van der Waals surface area (Å²) in [6, 6.07) is 5.27. The second-order valence-corrected chi connectivity index (χ2v) is 8.14. The van der Waals surface area contributed by atoms with Crippen molar-refractivity contribution in [3.05, 3.63) is 59.4 Å². The molecule has 1 saturated carbocycles. The second kappa shape index (κ2) is 8.13. The molecule has 1 amide bonds. The molecule has 0 radical (unpaired) electrons. The molecule has 0 saturated heterocycles. The van der Waals surface area contributed by atoms with E-state index in [0.29, 0.717) is 35.8 Å². The van der Waals surface area contributed by atoms with Gasteiger partial charge in [-0.15, -0.1) is 13.2 Å². The summed E-state index contributed by atoms with van der Waals surface area (Å²) in [4.78, 5) is 20.4. The summed E-state index contributed by atoms with van der Waals surface area (Å²) >= 11 is 0. The molecule has 1 atom stereocenters. The summed E-state index contributed by atoms with van der Waals surface area (Å²) in [5.41, 5.74) is 2.35. The summed E-state index contributed by atoms with van der Waals surface area (Å²) in [5, 5.41) is 7.36. The fraction of sp³-hybridized carbons (Fsp3) is 0.364. The Bertz CT molecular complexity index is 1210. The number of amides is 1. The highest BCUT2D eigenvalue weighted by molar-refractivity contribution is 5.94. The van der Waals surface area contributed by atoms with E-state index in [1.165, 1.54) is 12.3 Å². The lowest BCUT2D eigenvalue weighted by atomic mass is 10.0. The molecule has 0 bridgehead atoms. The second-order valence-electron chi connectivity index (χ2n) is 8.14. The van der Waals surface area contributed by atoms with Crippen LogP contribution in [0.1, 0.15) is 59.4 Å². The molecule has 3 aromatic heterocycles. The maximum atomic E-state index is 14.5. The Balaban J connectivity index is 1.38. The number of pyridine rings is 2. The van der Waals surface area contributed by atoms with E-state index in [2.05, 4.69) is 25.1 Å². The number of carbonyl (C=O) groups excluding carboxylic acids is 1. The molecule has 4 heterocycles. The molecule has 0 unspecified atom stereocenters. The third-order valence-corrected chi connectivity index (χ3v) is 5.70. The first-order chi connectivity index (χ1) is 15.8. The number of carbonyl (C=O) groups is 1. The van der Waals surface area contributed by atoms with Gasteiger partial charge in [-0.1, -0.05) is 0 Å². The van der Waals surface area contributed by atoms with Crippen molar-refractivity contribution in [1.29, 1.82) is 0 Å². The van der Waals surface area contributed by atoms with Crippen molar-refractivity contribution in [2.75, 3.05) is 0 Å². The lowest BCUT2D eigenvalue weighted by molar-refractivity contribution is -0.276. The maximum absolute atomic E-state index is 14.5. The molecule has 7 nitrogen and oxygen atoms in total. The minimum atomic E-state index is -4.91. The SMILES string of the molecule is O=C(N[C@H]1CCCn2nc(-c3cc(C4CC4)ncc3F)cc21)c1ccnc(OC(F)(F)F)c1. The number of hydrogen-bond acceptors (Lipinski definition) is 5. The number of aryl methyl sites for hydroxylation is 1. The molecule has 0 spiro atoms. The quantitative estimate of drug-likeness (QED) is 0.565. The van der Waals surface area contributed by atoms with Crippen LogP contribution in [0.3, 0.4) is 0 Å². The van der Waals surface area contributed by atoms with Crippen molar-refractivity contribution >= 4 is 5.91 Å². The van der Waals surface area contributed by atoms with Gasteiger partial charge in [-0.2, -0.15) is 5.10 Å². The van der Waals surface area contributed by atoms with Crippen LogP contribution in [-0.2, 0) is 6.54 Å².